The van der Waals surface area contributed by atoms with Gasteiger partial charge in [-0.25, -0.2) is 0 Å². The van der Waals surface area contributed by atoms with Gasteiger partial charge in [0.15, 0.2) is 0 Å². The molecule has 0 aliphatic rings. The van der Waals surface area contributed by atoms with Crippen molar-refractivity contribution >= 4 is 10.9 Å². The van der Waals surface area contributed by atoms with Crippen LogP contribution < -0.4 is 5.73 Å². The molecule has 138 valence electrons. The van der Waals surface area contributed by atoms with Crippen LogP contribution in [0.2, 0.25) is 0 Å². The highest BCUT2D eigenvalue weighted by molar-refractivity contribution is 5.95. The molecule has 0 bridgehead atoms. The van der Waals surface area contributed by atoms with Gasteiger partial charge in [-0.3, -0.25) is 0 Å². The summed E-state index contributed by atoms with van der Waals surface area (Å²) in [7, 11) is 0. The van der Waals surface area contributed by atoms with Crippen LogP contribution in [0.4, 0.5) is 0 Å². The number of unbranched alkanes of at least 4 members (excludes halogenated alkanes) is 1. The van der Waals surface area contributed by atoms with E-state index in [-0.39, 0.29) is 0 Å². The van der Waals surface area contributed by atoms with Crippen molar-refractivity contribution in [3.8, 4) is 28.5 Å². The lowest BCUT2D eigenvalue weighted by Crippen LogP contribution is -1.99. The van der Waals surface area contributed by atoms with Gasteiger partial charge in [-0.2, -0.15) is 5.26 Å². The molecule has 3 heteroatoms. The molecule has 0 aliphatic heterocycles. The van der Waals surface area contributed by atoms with E-state index in [1.807, 2.05) is 24.3 Å². The molecule has 4 rings (SSSR count). The minimum atomic E-state index is 0.689. The van der Waals surface area contributed by atoms with Gasteiger partial charge in [0, 0.05) is 16.5 Å². The molecule has 0 saturated heterocycles. The van der Waals surface area contributed by atoms with Crippen molar-refractivity contribution in [1.29, 1.82) is 5.26 Å². The van der Waals surface area contributed by atoms with Crippen molar-refractivity contribution in [3.05, 3.63) is 83.9 Å². The van der Waals surface area contributed by atoms with E-state index in [2.05, 4.69) is 59.6 Å². The number of rotatable bonds is 6. The smallest absolute Gasteiger partial charge is 0.0991 e. The van der Waals surface area contributed by atoms with Gasteiger partial charge in [-0.15, -0.1) is 0 Å². The topological polar surface area (TPSA) is 65.6 Å². The molecule has 1 aromatic heterocycles. The first kappa shape index (κ1) is 18.0. The molecule has 0 fully saturated rings. The van der Waals surface area contributed by atoms with Crippen LogP contribution in [0, 0.1) is 11.3 Å². The zero-order valence-corrected chi connectivity index (χ0v) is 15.8. The van der Waals surface area contributed by atoms with E-state index in [9.17, 15) is 5.26 Å². The fraction of sp³-hybridized carbons (Fsp3) is 0.160. The zero-order valence-electron chi connectivity index (χ0n) is 15.8. The Labute approximate surface area is 165 Å². The first-order valence-corrected chi connectivity index (χ1v) is 9.71. The molecule has 0 atom stereocenters. The van der Waals surface area contributed by atoms with E-state index in [0.717, 1.165) is 35.9 Å². The minimum Gasteiger partial charge on any atom is -0.354 e. The second-order valence-electron chi connectivity index (χ2n) is 7.01. The highest BCUT2D eigenvalue weighted by Gasteiger charge is 2.16. The van der Waals surface area contributed by atoms with Gasteiger partial charge in [0.05, 0.1) is 17.3 Å². The standard InChI is InChI=1S/C25H23N3/c26-15-7-6-12-22-23-16-18(17-27)13-14-24(23)28-25(22)21-11-5-4-10-20(21)19-8-2-1-3-9-19/h1-5,8-11,13-14,16,28H,6-7,12,15,26H2. The third kappa shape index (κ3) is 3.43. The average molecular weight is 365 g/mol. The monoisotopic (exact) mass is 365 g/mol. The van der Waals surface area contributed by atoms with Crippen LogP contribution in [0.1, 0.15) is 24.0 Å². The van der Waals surface area contributed by atoms with Crippen LogP contribution in [-0.2, 0) is 6.42 Å². The molecular formula is C25H23N3. The number of H-pyrrole nitrogens is 1. The summed E-state index contributed by atoms with van der Waals surface area (Å²) in [6.07, 6.45) is 2.95. The molecule has 3 nitrogen and oxygen atoms in total. The number of aromatic nitrogens is 1. The van der Waals surface area contributed by atoms with Crippen molar-refractivity contribution in [2.24, 2.45) is 5.73 Å². The summed E-state index contributed by atoms with van der Waals surface area (Å²) in [6.45, 7) is 0.696. The summed E-state index contributed by atoms with van der Waals surface area (Å²) in [5.41, 5.74) is 13.5. The fourth-order valence-corrected chi connectivity index (χ4v) is 3.82. The molecule has 28 heavy (non-hydrogen) atoms. The Morgan fingerprint density at radius 3 is 2.36 bits per heavy atom. The Morgan fingerprint density at radius 2 is 1.61 bits per heavy atom. The van der Waals surface area contributed by atoms with Crippen molar-refractivity contribution < 1.29 is 0 Å². The molecular weight excluding hydrogens is 342 g/mol. The Bertz CT molecular complexity index is 1130. The Hall–Kier alpha value is -3.35. The maximum Gasteiger partial charge on any atom is 0.0991 e. The van der Waals surface area contributed by atoms with Crippen molar-refractivity contribution in [1.82, 2.24) is 4.98 Å². The summed E-state index contributed by atoms with van der Waals surface area (Å²) >= 11 is 0. The van der Waals surface area contributed by atoms with Gasteiger partial charge < -0.3 is 10.7 Å². The minimum absolute atomic E-state index is 0.689. The SMILES string of the molecule is N#Cc1ccc2[nH]c(-c3ccccc3-c3ccccc3)c(CCCCN)c2c1. The number of benzene rings is 3. The number of nitrogens with one attached hydrogen (secondary N) is 1. The molecule has 3 aromatic carbocycles. The van der Waals surface area contributed by atoms with Gasteiger partial charge in [-0.05, 0) is 60.7 Å². The molecule has 4 aromatic rings. The first-order valence-electron chi connectivity index (χ1n) is 9.71. The largest absolute Gasteiger partial charge is 0.354 e. The van der Waals surface area contributed by atoms with E-state index >= 15 is 0 Å². The van der Waals surface area contributed by atoms with E-state index in [4.69, 9.17) is 5.73 Å². The Morgan fingerprint density at radius 1 is 0.857 bits per heavy atom. The van der Waals surface area contributed by atoms with E-state index in [1.165, 1.54) is 22.3 Å². The number of fused-ring (bicyclic) bond motifs is 1. The van der Waals surface area contributed by atoms with Gasteiger partial charge >= 0.3 is 0 Å². The summed E-state index contributed by atoms with van der Waals surface area (Å²) in [5, 5.41) is 10.5. The number of aromatic amines is 1. The summed E-state index contributed by atoms with van der Waals surface area (Å²) in [4.78, 5) is 3.63. The summed E-state index contributed by atoms with van der Waals surface area (Å²) in [6, 6.07) is 27.1. The molecule has 0 aliphatic carbocycles. The predicted molar refractivity (Wildman–Crippen MR) is 116 cm³/mol. The van der Waals surface area contributed by atoms with Crippen molar-refractivity contribution in [2.45, 2.75) is 19.3 Å². The zero-order chi connectivity index (χ0) is 19.3. The lowest BCUT2D eigenvalue weighted by Gasteiger charge is -2.11. The number of hydrogen-bond donors (Lipinski definition) is 2. The molecule has 0 radical (unpaired) electrons. The van der Waals surface area contributed by atoms with E-state index < -0.39 is 0 Å². The number of aryl methyl sites for hydroxylation is 1. The molecule has 0 unspecified atom stereocenters. The molecule has 0 amide bonds. The van der Waals surface area contributed by atoms with Crippen LogP contribution in [0.3, 0.4) is 0 Å². The van der Waals surface area contributed by atoms with Gasteiger partial charge in [0.2, 0.25) is 0 Å². The lowest BCUT2D eigenvalue weighted by atomic mass is 9.93. The maximum atomic E-state index is 9.34. The third-order valence-corrected chi connectivity index (χ3v) is 5.20. The molecule has 0 spiro atoms. The normalized spacial score (nSPS) is 10.9. The van der Waals surface area contributed by atoms with Gasteiger partial charge in [0.1, 0.15) is 0 Å². The Kier molecular flexibility index (Phi) is 5.23. The van der Waals surface area contributed by atoms with Crippen LogP contribution in [0.25, 0.3) is 33.3 Å². The number of hydrogen-bond acceptors (Lipinski definition) is 2. The maximum absolute atomic E-state index is 9.34. The number of nitrogens with two attached hydrogens (primary N) is 1. The molecule has 0 saturated carbocycles. The highest BCUT2D eigenvalue weighted by Crippen LogP contribution is 2.37. The first-order chi connectivity index (χ1) is 13.8. The summed E-state index contributed by atoms with van der Waals surface area (Å²) in [5.74, 6) is 0. The highest BCUT2D eigenvalue weighted by atomic mass is 14.7. The van der Waals surface area contributed by atoms with Crippen LogP contribution in [0.15, 0.2) is 72.8 Å². The van der Waals surface area contributed by atoms with Crippen molar-refractivity contribution in [3.63, 3.8) is 0 Å². The van der Waals surface area contributed by atoms with E-state index in [1.54, 1.807) is 0 Å². The summed E-state index contributed by atoms with van der Waals surface area (Å²) < 4.78 is 0. The number of nitrogens with zero attached hydrogens (tertiary/aromatic N) is 1. The quantitative estimate of drug-likeness (QED) is 0.433. The molecule has 1 heterocycles. The van der Waals surface area contributed by atoms with E-state index in [0.29, 0.717) is 12.1 Å². The second-order valence-corrected chi connectivity index (χ2v) is 7.01. The average Bonchev–Trinajstić information content (AvgIpc) is 3.12. The van der Waals surface area contributed by atoms with Crippen LogP contribution >= 0.6 is 0 Å². The third-order valence-electron chi connectivity index (χ3n) is 5.20. The lowest BCUT2D eigenvalue weighted by molar-refractivity contribution is 0.748. The van der Waals surface area contributed by atoms with Gasteiger partial charge in [0.25, 0.3) is 0 Å². The van der Waals surface area contributed by atoms with Crippen molar-refractivity contribution in [2.75, 3.05) is 6.54 Å². The molecule has 3 N–H and O–H groups in total. The predicted octanol–water partition coefficient (Wildman–Crippen LogP) is 5.65. The van der Waals surface area contributed by atoms with Gasteiger partial charge in [-0.1, -0.05) is 54.6 Å². The Balaban J connectivity index is 1.92. The number of nitriles is 1. The fourth-order valence-electron chi connectivity index (χ4n) is 3.82. The second kappa shape index (κ2) is 8.12. The van der Waals surface area contributed by atoms with Crippen LogP contribution in [0.5, 0.6) is 0 Å². The van der Waals surface area contributed by atoms with Crippen LogP contribution in [-0.4, -0.2) is 11.5 Å².